The highest BCUT2D eigenvalue weighted by molar-refractivity contribution is 7.99. The number of halogens is 3. The van der Waals surface area contributed by atoms with Gasteiger partial charge >= 0.3 is 6.18 Å². The van der Waals surface area contributed by atoms with Crippen LogP contribution in [0.5, 0.6) is 0 Å². The number of hydrogen-bond donors (Lipinski definition) is 1. The van der Waals surface area contributed by atoms with Gasteiger partial charge in [0.25, 0.3) is 0 Å². The number of nitrogens with one attached hydrogen (secondary N) is 1. The van der Waals surface area contributed by atoms with Crippen LogP contribution in [0.15, 0.2) is 48.3 Å². The van der Waals surface area contributed by atoms with E-state index in [4.69, 9.17) is 0 Å². The van der Waals surface area contributed by atoms with E-state index in [-0.39, 0.29) is 0 Å². The van der Waals surface area contributed by atoms with Crippen molar-refractivity contribution in [3.8, 4) is 0 Å². The zero-order valence-electron chi connectivity index (χ0n) is 12.8. The minimum atomic E-state index is -4.37. The van der Waals surface area contributed by atoms with Gasteiger partial charge in [-0.25, -0.2) is 4.98 Å². The summed E-state index contributed by atoms with van der Waals surface area (Å²) in [6.07, 6.45) is 0.529. The normalized spacial score (nSPS) is 11.7. The summed E-state index contributed by atoms with van der Waals surface area (Å²) < 4.78 is 38.0. The van der Waals surface area contributed by atoms with Crippen LogP contribution in [0.4, 0.5) is 18.9 Å². The summed E-state index contributed by atoms with van der Waals surface area (Å²) in [5.74, 6) is 0.663. The van der Waals surface area contributed by atoms with Gasteiger partial charge < -0.3 is 5.32 Å². The minimum Gasteiger partial charge on any atom is -0.362 e. The smallest absolute Gasteiger partial charge is 0.362 e. The number of anilines is 1. The van der Waals surface area contributed by atoms with E-state index < -0.39 is 11.7 Å². The number of benzene rings is 1. The molecule has 1 heterocycles. The molecule has 4 nitrogen and oxygen atoms in total. The Bertz CT molecular complexity index is 744. The maximum Gasteiger partial charge on any atom is 0.416 e. The van der Waals surface area contributed by atoms with Gasteiger partial charge in [-0.05, 0) is 31.2 Å². The highest BCUT2D eigenvalue weighted by Crippen LogP contribution is 2.30. The number of aryl methyl sites for hydroxylation is 1. The van der Waals surface area contributed by atoms with Gasteiger partial charge in [-0.3, -0.25) is 0 Å². The number of thioether (sulfide) groups is 1. The fraction of sp³-hybridized carbons (Fsp3) is 0.188. The lowest BCUT2D eigenvalue weighted by Gasteiger charge is -2.08. The van der Waals surface area contributed by atoms with Gasteiger partial charge in [-0.2, -0.15) is 18.3 Å². The first-order valence-electron chi connectivity index (χ1n) is 6.95. The van der Waals surface area contributed by atoms with E-state index in [0.29, 0.717) is 28.0 Å². The SMILES string of the molecule is C=CCSc1nnc(C)c(C=CNc2cccc(C(F)(F)F)c2)n1. The molecular weight excluding hydrogens is 337 g/mol. The molecule has 0 aliphatic rings. The Morgan fingerprint density at radius 3 is 2.79 bits per heavy atom. The third-order valence-electron chi connectivity index (χ3n) is 2.88. The maximum absolute atomic E-state index is 12.7. The van der Waals surface area contributed by atoms with E-state index in [1.807, 2.05) is 0 Å². The summed E-state index contributed by atoms with van der Waals surface area (Å²) in [7, 11) is 0. The van der Waals surface area contributed by atoms with Gasteiger partial charge in [0, 0.05) is 17.6 Å². The summed E-state index contributed by atoms with van der Waals surface area (Å²) in [5, 5.41) is 11.3. The van der Waals surface area contributed by atoms with E-state index in [2.05, 4.69) is 27.1 Å². The number of alkyl halides is 3. The largest absolute Gasteiger partial charge is 0.416 e. The van der Waals surface area contributed by atoms with Crippen LogP contribution in [0, 0.1) is 6.92 Å². The third-order valence-corrected chi connectivity index (χ3v) is 3.72. The average Bonchev–Trinajstić information content (AvgIpc) is 2.55. The van der Waals surface area contributed by atoms with Crippen molar-refractivity contribution in [2.24, 2.45) is 0 Å². The monoisotopic (exact) mass is 352 g/mol. The molecule has 0 radical (unpaired) electrons. The fourth-order valence-corrected chi connectivity index (χ4v) is 2.26. The Labute approximate surface area is 141 Å². The van der Waals surface area contributed by atoms with E-state index in [1.54, 1.807) is 25.1 Å². The van der Waals surface area contributed by atoms with Gasteiger partial charge in [-0.1, -0.05) is 23.9 Å². The highest BCUT2D eigenvalue weighted by Gasteiger charge is 2.30. The Morgan fingerprint density at radius 2 is 2.08 bits per heavy atom. The first-order valence-corrected chi connectivity index (χ1v) is 7.94. The Kier molecular flexibility index (Phi) is 5.97. The second kappa shape index (κ2) is 7.96. The molecule has 0 spiro atoms. The summed E-state index contributed by atoms with van der Waals surface area (Å²) >= 11 is 1.40. The van der Waals surface area contributed by atoms with E-state index in [0.717, 1.165) is 12.1 Å². The molecule has 0 atom stereocenters. The van der Waals surface area contributed by atoms with Gasteiger partial charge in [-0.15, -0.1) is 11.7 Å². The predicted molar refractivity (Wildman–Crippen MR) is 89.6 cm³/mol. The zero-order valence-corrected chi connectivity index (χ0v) is 13.7. The van der Waals surface area contributed by atoms with Crippen LogP contribution in [0.3, 0.4) is 0 Å². The van der Waals surface area contributed by atoms with Crippen molar-refractivity contribution in [1.29, 1.82) is 0 Å². The molecule has 0 aliphatic carbocycles. The van der Waals surface area contributed by atoms with Crippen LogP contribution >= 0.6 is 11.8 Å². The summed E-state index contributed by atoms with van der Waals surface area (Å²) in [5.41, 5.74) is 0.849. The van der Waals surface area contributed by atoms with Crippen LogP contribution < -0.4 is 5.32 Å². The van der Waals surface area contributed by atoms with E-state index >= 15 is 0 Å². The molecule has 1 aromatic carbocycles. The average molecular weight is 352 g/mol. The lowest BCUT2D eigenvalue weighted by Crippen LogP contribution is -2.05. The van der Waals surface area contributed by atoms with Gasteiger partial charge in [0.1, 0.15) is 0 Å². The van der Waals surface area contributed by atoms with Gasteiger partial charge in [0.05, 0.1) is 17.0 Å². The molecule has 8 heteroatoms. The molecule has 126 valence electrons. The molecule has 2 rings (SSSR count). The maximum atomic E-state index is 12.7. The fourth-order valence-electron chi connectivity index (χ4n) is 1.73. The van der Waals surface area contributed by atoms with Crippen molar-refractivity contribution in [3.63, 3.8) is 0 Å². The van der Waals surface area contributed by atoms with Gasteiger partial charge in [0.15, 0.2) is 0 Å². The van der Waals surface area contributed by atoms with Crippen LogP contribution in [-0.2, 0) is 6.18 Å². The van der Waals surface area contributed by atoms with Crippen molar-refractivity contribution in [1.82, 2.24) is 15.2 Å². The molecule has 0 bridgehead atoms. The Morgan fingerprint density at radius 1 is 1.29 bits per heavy atom. The minimum absolute atomic E-state index is 0.335. The molecule has 0 saturated carbocycles. The summed E-state index contributed by atoms with van der Waals surface area (Å²) in [6, 6.07) is 4.97. The molecule has 1 aromatic heterocycles. The van der Waals surface area contributed by atoms with Crippen molar-refractivity contribution in [3.05, 3.63) is 60.1 Å². The zero-order chi connectivity index (χ0) is 17.6. The first-order chi connectivity index (χ1) is 11.4. The molecule has 0 aliphatic heterocycles. The second-order valence-corrected chi connectivity index (χ2v) is 5.71. The number of nitrogens with zero attached hydrogens (tertiary/aromatic N) is 3. The standard InChI is InChI=1S/C16H15F3N4S/c1-3-9-24-15-21-14(11(2)22-23-15)7-8-20-13-6-4-5-12(10-13)16(17,18)19/h3-8,10,20H,1,9H2,2H3. The molecule has 0 amide bonds. The van der Waals surface area contributed by atoms with Crippen molar-refractivity contribution < 1.29 is 13.2 Å². The van der Waals surface area contributed by atoms with E-state index in [9.17, 15) is 13.2 Å². The van der Waals surface area contributed by atoms with Gasteiger partial charge in [0.2, 0.25) is 5.16 Å². The number of rotatable bonds is 6. The van der Waals surface area contributed by atoms with Crippen molar-refractivity contribution >= 4 is 23.5 Å². The lowest BCUT2D eigenvalue weighted by atomic mass is 10.2. The summed E-state index contributed by atoms with van der Waals surface area (Å²) in [4.78, 5) is 4.33. The number of aromatic nitrogens is 3. The molecule has 0 fully saturated rings. The third kappa shape index (κ3) is 5.09. The van der Waals surface area contributed by atoms with Crippen LogP contribution in [0.25, 0.3) is 6.08 Å². The van der Waals surface area contributed by atoms with Crippen LogP contribution in [0.1, 0.15) is 17.0 Å². The molecule has 0 unspecified atom stereocenters. The second-order valence-electron chi connectivity index (χ2n) is 4.72. The molecule has 1 N–H and O–H groups in total. The molecule has 0 saturated heterocycles. The van der Waals surface area contributed by atoms with Crippen LogP contribution in [-0.4, -0.2) is 20.9 Å². The molecular formula is C16H15F3N4S. The Balaban J connectivity index is 2.10. The predicted octanol–water partition coefficient (Wildman–Crippen LogP) is 4.56. The number of hydrogen-bond acceptors (Lipinski definition) is 5. The molecule has 2 aromatic rings. The first kappa shape index (κ1) is 18.0. The van der Waals surface area contributed by atoms with Crippen molar-refractivity contribution in [2.75, 3.05) is 11.1 Å². The molecule has 24 heavy (non-hydrogen) atoms. The van der Waals surface area contributed by atoms with Crippen molar-refractivity contribution in [2.45, 2.75) is 18.3 Å². The van der Waals surface area contributed by atoms with Crippen LogP contribution in [0.2, 0.25) is 0 Å². The Hall–Kier alpha value is -2.35. The topological polar surface area (TPSA) is 50.7 Å². The highest BCUT2D eigenvalue weighted by atomic mass is 32.2. The quantitative estimate of drug-likeness (QED) is 0.610. The summed E-state index contributed by atoms with van der Waals surface area (Å²) in [6.45, 7) is 5.38. The van der Waals surface area contributed by atoms with E-state index in [1.165, 1.54) is 24.0 Å². The lowest BCUT2D eigenvalue weighted by molar-refractivity contribution is -0.137.